The van der Waals surface area contributed by atoms with Crippen molar-refractivity contribution in [3.8, 4) is 0 Å². The number of hydrazine groups is 1. The molecule has 6 heteroatoms. The van der Waals surface area contributed by atoms with Gasteiger partial charge in [0.1, 0.15) is 17.5 Å². The van der Waals surface area contributed by atoms with E-state index in [1.54, 1.807) is 0 Å². The second-order valence-electron chi connectivity index (χ2n) is 4.99. The average Bonchev–Trinajstić information content (AvgIpc) is 2.35. The molecule has 1 fully saturated rings. The van der Waals surface area contributed by atoms with Gasteiger partial charge in [-0.15, -0.1) is 0 Å². The van der Waals surface area contributed by atoms with E-state index in [0.29, 0.717) is 11.6 Å². The van der Waals surface area contributed by atoms with Gasteiger partial charge in [0.15, 0.2) is 0 Å². The maximum atomic E-state index is 9.78. The number of rotatable bonds is 2. The Labute approximate surface area is 107 Å². The minimum absolute atomic E-state index is 0.211. The van der Waals surface area contributed by atoms with E-state index in [1.165, 1.54) is 0 Å². The lowest BCUT2D eigenvalue weighted by atomic mass is 9.96. The van der Waals surface area contributed by atoms with Crippen LogP contribution in [0.25, 0.3) is 0 Å². The summed E-state index contributed by atoms with van der Waals surface area (Å²) in [6.07, 6.45) is 0.561. The number of nitrogens with two attached hydrogens (primary N) is 1. The Morgan fingerprint density at radius 1 is 1.39 bits per heavy atom. The quantitative estimate of drug-likeness (QED) is 0.526. The lowest BCUT2D eigenvalue weighted by Gasteiger charge is -2.36. The van der Waals surface area contributed by atoms with Gasteiger partial charge >= 0.3 is 0 Å². The number of aryl methyl sites for hydroxylation is 1. The third-order valence-electron chi connectivity index (χ3n) is 3.53. The molecule has 0 aromatic carbocycles. The van der Waals surface area contributed by atoms with Crippen LogP contribution in [-0.4, -0.2) is 34.3 Å². The van der Waals surface area contributed by atoms with Crippen molar-refractivity contribution in [2.24, 2.45) is 11.8 Å². The zero-order chi connectivity index (χ0) is 13.3. The molecule has 100 valence electrons. The largest absolute Gasteiger partial charge is 0.393 e. The third-order valence-corrected chi connectivity index (χ3v) is 3.53. The first-order valence-electron chi connectivity index (χ1n) is 6.27. The number of hydrogen-bond donors (Lipinski definition) is 3. The molecule has 2 heterocycles. The van der Waals surface area contributed by atoms with Gasteiger partial charge in [-0.05, 0) is 26.2 Å². The van der Waals surface area contributed by atoms with Crippen LogP contribution in [0.1, 0.15) is 24.7 Å². The molecule has 0 amide bonds. The molecule has 1 aromatic rings. The van der Waals surface area contributed by atoms with Crippen molar-refractivity contribution in [3.63, 3.8) is 0 Å². The van der Waals surface area contributed by atoms with Gasteiger partial charge in [0.25, 0.3) is 0 Å². The Morgan fingerprint density at radius 3 is 2.72 bits per heavy atom. The molecule has 0 saturated carbocycles. The van der Waals surface area contributed by atoms with Crippen molar-refractivity contribution in [1.29, 1.82) is 0 Å². The summed E-state index contributed by atoms with van der Waals surface area (Å²) in [5, 5.41) is 9.78. The third kappa shape index (κ3) is 2.39. The Hall–Kier alpha value is -1.40. The summed E-state index contributed by atoms with van der Waals surface area (Å²) in [6.45, 7) is 7.49. The normalized spacial score (nSPS) is 24.2. The highest BCUT2D eigenvalue weighted by Gasteiger charge is 2.26. The van der Waals surface area contributed by atoms with Crippen LogP contribution in [0.15, 0.2) is 0 Å². The van der Waals surface area contributed by atoms with Crippen LogP contribution in [0.4, 0.5) is 11.6 Å². The fraction of sp³-hybridized carbons (Fsp3) is 0.667. The maximum absolute atomic E-state index is 9.78. The fourth-order valence-electron chi connectivity index (χ4n) is 2.39. The van der Waals surface area contributed by atoms with Crippen molar-refractivity contribution < 1.29 is 5.11 Å². The first kappa shape index (κ1) is 13.0. The van der Waals surface area contributed by atoms with E-state index in [2.05, 4.69) is 27.2 Å². The second kappa shape index (κ2) is 5.07. The van der Waals surface area contributed by atoms with Crippen molar-refractivity contribution in [2.75, 3.05) is 23.4 Å². The van der Waals surface area contributed by atoms with E-state index in [9.17, 15) is 5.11 Å². The lowest BCUT2D eigenvalue weighted by Crippen LogP contribution is -2.42. The van der Waals surface area contributed by atoms with Crippen molar-refractivity contribution in [3.05, 3.63) is 11.4 Å². The molecule has 0 aliphatic carbocycles. The minimum Gasteiger partial charge on any atom is -0.393 e. The predicted octanol–water partition coefficient (Wildman–Crippen LogP) is 0.586. The molecule has 1 aliphatic heterocycles. The first-order chi connectivity index (χ1) is 8.52. The SMILES string of the molecule is Cc1nc(NN)c(C)c(N2CCC(O)C(C)C2)n1. The molecular weight excluding hydrogens is 230 g/mol. The zero-order valence-electron chi connectivity index (χ0n) is 11.1. The van der Waals surface area contributed by atoms with Gasteiger partial charge < -0.3 is 15.4 Å². The van der Waals surface area contributed by atoms with E-state index in [1.807, 2.05) is 13.8 Å². The number of nitrogen functional groups attached to an aromatic ring is 1. The molecule has 2 unspecified atom stereocenters. The number of hydrogen-bond acceptors (Lipinski definition) is 6. The molecule has 18 heavy (non-hydrogen) atoms. The Bertz CT molecular complexity index is 437. The maximum Gasteiger partial charge on any atom is 0.148 e. The van der Waals surface area contributed by atoms with Crippen LogP contribution in [0.5, 0.6) is 0 Å². The minimum atomic E-state index is -0.211. The molecular formula is C12H21N5O. The Balaban J connectivity index is 2.30. The standard InChI is InChI=1S/C12H21N5O/c1-7-6-17(5-4-10(7)18)12-8(2)11(16-13)14-9(3)15-12/h7,10,18H,4-6,13H2,1-3H3,(H,14,15,16). The van der Waals surface area contributed by atoms with Crippen LogP contribution < -0.4 is 16.2 Å². The summed E-state index contributed by atoms with van der Waals surface area (Å²) >= 11 is 0. The molecule has 1 aliphatic rings. The van der Waals surface area contributed by atoms with Crippen LogP contribution in [0.3, 0.4) is 0 Å². The van der Waals surface area contributed by atoms with Gasteiger partial charge in [-0.1, -0.05) is 6.92 Å². The van der Waals surface area contributed by atoms with E-state index >= 15 is 0 Å². The number of nitrogens with zero attached hydrogens (tertiary/aromatic N) is 3. The zero-order valence-corrected chi connectivity index (χ0v) is 11.1. The molecule has 1 saturated heterocycles. The molecule has 6 nitrogen and oxygen atoms in total. The number of aromatic nitrogens is 2. The summed E-state index contributed by atoms with van der Waals surface area (Å²) in [5.74, 6) is 7.99. The second-order valence-corrected chi connectivity index (χ2v) is 4.99. The number of anilines is 2. The van der Waals surface area contributed by atoms with Crippen molar-refractivity contribution in [2.45, 2.75) is 33.3 Å². The van der Waals surface area contributed by atoms with E-state index in [0.717, 1.165) is 30.9 Å². The topological polar surface area (TPSA) is 87.3 Å². The van der Waals surface area contributed by atoms with Gasteiger partial charge in [-0.25, -0.2) is 15.8 Å². The Morgan fingerprint density at radius 2 is 2.11 bits per heavy atom. The molecule has 0 radical (unpaired) electrons. The molecule has 2 atom stereocenters. The Kier molecular flexibility index (Phi) is 3.68. The van der Waals surface area contributed by atoms with Crippen molar-refractivity contribution in [1.82, 2.24) is 9.97 Å². The van der Waals surface area contributed by atoms with Crippen LogP contribution in [-0.2, 0) is 0 Å². The molecule has 4 N–H and O–H groups in total. The van der Waals surface area contributed by atoms with Crippen LogP contribution >= 0.6 is 0 Å². The van der Waals surface area contributed by atoms with Gasteiger partial charge in [-0.3, -0.25) is 0 Å². The van der Waals surface area contributed by atoms with Gasteiger partial charge in [-0.2, -0.15) is 0 Å². The number of nitrogens with one attached hydrogen (secondary N) is 1. The van der Waals surface area contributed by atoms with Crippen molar-refractivity contribution >= 4 is 11.6 Å². The fourth-order valence-corrected chi connectivity index (χ4v) is 2.39. The van der Waals surface area contributed by atoms with E-state index in [4.69, 9.17) is 5.84 Å². The van der Waals surface area contributed by atoms with Crippen LogP contribution in [0, 0.1) is 19.8 Å². The summed E-state index contributed by atoms with van der Waals surface area (Å²) in [5.41, 5.74) is 3.56. The highest BCUT2D eigenvalue weighted by atomic mass is 16.3. The first-order valence-corrected chi connectivity index (χ1v) is 6.27. The van der Waals surface area contributed by atoms with E-state index in [-0.39, 0.29) is 12.0 Å². The summed E-state index contributed by atoms with van der Waals surface area (Å²) in [7, 11) is 0. The van der Waals surface area contributed by atoms with E-state index < -0.39 is 0 Å². The lowest BCUT2D eigenvalue weighted by molar-refractivity contribution is 0.0968. The van der Waals surface area contributed by atoms with Crippen LogP contribution in [0.2, 0.25) is 0 Å². The van der Waals surface area contributed by atoms with Gasteiger partial charge in [0, 0.05) is 18.7 Å². The molecule has 0 spiro atoms. The summed E-state index contributed by atoms with van der Waals surface area (Å²) in [4.78, 5) is 11.0. The summed E-state index contributed by atoms with van der Waals surface area (Å²) in [6, 6.07) is 0. The molecule has 0 bridgehead atoms. The number of aliphatic hydroxyl groups is 1. The van der Waals surface area contributed by atoms with Gasteiger partial charge in [0.05, 0.1) is 6.10 Å². The average molecular weight is 251 g/mol. The monoisotopic (exact) mass is 251 g/mol. The van der Waals surface area contributed by atoms with Gasteiger partial charge in [0.2, 0.25) is 0 Å². The predicted molar refractivity (Wildman–Crippen MR) is 71.3 cm³/mol. The molecule has 2 rings (SSSR count). The smallest absolute Gasteiger partial charge is 0.148 e. The number of piperidine rings is 1. The summed E-state index contributed by atoms with van der Waals surface area (Å²) < 4.78 is 0. The number of aliphatic hydroxyl groups excluding tert-OH is 1. The highest BCUT2D eigenvalue weighted by Crippen LogP contribution is 2.27. The molecule has 1 aromatic heterocycles. The highest BCUT2D eigenvalue weighted by molar-refractivity contribution is 5.58.